The molecule has 3 N–H and O–H groups in total. The van der Waals surface area contributed by atoms with Crippen LogP contribution in [0, 0.1) is 5.92 Å². The van der Waals surface area contributed by atoms with E-state index in [0.29, 0.717) is 13.0 Å². The second-order valence-corrected chi connectivity index (χ2v) is 6.45. The number of carbonyl (C=O) groups is 2. The van der Waals surface area contributed by atoms with E-state index in [1.165, 1.54) is 0 Å². The van der Waals surface area contributed by atoms with Crippen molar-refractivity contribution in [1.29, 1.82) is 0 Å². The van der Waals surface area contributed by atoms with Crippen LogP contribution in [0.4, 0.5) is 4.79 Å². The Labute approximate surface area is 123 Å². The molecule has 19 heavy (non-hydrogen) atoms. The quantitative estimate of drug-likeness (QED) is 0.783. The number of aliphatic carboxylic acids is 1. The molecule has 104 valence electrons. The number of nitrogens with one attached hydrogen (secondary N) is 2. The molecule has 2 unspecified atom stereocenters. The van der Waals surface area contributed by atoms with Gasteiger partial charge in [-0.3, -0.25) is 4.79 Å². The molecule has 1 aliphatic carbocycles. The normalized spacial score (nSPS) is 22.2. The summed E-state index contributed by atoms with van der Waals surface area (Å²) in [4.78, 5) is 23.8. The molecule has 0 aromatic carbocycles. The van der Waals surface area contributed by atoms with Crippen molar-refractivity contribution in [3.05, 3.63) is 20.8 Å². The van der Waals surface area contributed by atoms with Crippen LogP contribution in [0.5, 0.6) is 0 Å². The molecule has 0 radical (unpaired) electrons. The molecule has 0 saturated heterocycles. The lowest BCUT2D eigenvalue weighted by Crippen LogP contribution is -2.45. The maximum absolute atomic E-state index is 11.7. The van der Waals surface area contributed by atoms with Gasteiger partial charge < -0.3 is 15.7 Å². The zero-order valence-corrected chi connectivity index (χ0v) is 12.6. The van der Waals surface area contributed by atoms with Gasteiger partial charge in [0, 0.05) is 20.8 Å². The van der Waals surface area contributed by atoms with Gasteiger partial charge in [0.2, 0.25) is 0 Å². The Morgan fingerprint density at radius 1 is 1.47 bits per heavy atom. The van der Waals surface area contributed by atoms with Crippen LogP contribution in [0.3, 0.4) is 0 Å². The molecule has 5 nitrogen and oxygen atoms in total. The maximum Gasteiger partial charge on any atom is 0.315 e. The van der Waals surface area contributed by atoms with E-state index in [1.807, 2.05) is 11.4 Å². The van der Waals surface area contributed by atoms with E-state index in [0.717, 1.165) is 22.2 Å². The zero-order valence-electron chi connectivity index (χ0n) is 10.2. The molecular formula is C12H15BrN2O3S. The molecule has 0 spiro atoms. The largest absolute Gasteiger partial charge is 0.481 e. The molecule has 2 amide bonds. The van der Waals surface area contributed by atoms with Crippen LogP contribution >= 0.6 is 27.3 Å². The second-order valence-electron chi connectivity index (χ2n) is 4.54. The van der Waals surface area contributed by atoms with Crippen molar-refractivity contribution >= 4 is 39.3 Å². The molecule has 2 atom stereocenters. The summed E-state index contributed by atoms with van der Waals surface area (Å²) in [6.45, 7) is 0.451. The van der Waals surface area contributed by atoms with Crippen molar-refractivity contribution in [2.75, 3.05) is 0 Å². The number of hydrogen-bond donors (Lipinski definition) is 3. The minimum absolute atomic E-state index is 0.257. The summed E-state index contributed by atoms with van der Waals surface area (Å²) >= 11 is 4.91. The topological polar surface area (TPSA) is 78.4 Å². The van der Waals surface area contributed by atoms with Gasteiger partial charge in [-0.1, -0.05) is 6.42 Å². The van der Waals surface area contributed by atoms with Gasteiger partial charge in [-0.15, -0.1) is 11.3 Å². The Morgan fingerprint density at radius 3 is 2.89 bits per heavy atom. The Hall–Kier alpha value is -1.08. The molecule has 1 heterocycles. The summed E-state index contributed by atoms with van der Waals surface area (Å²) in [5.41, 5.74) is 0. The van der Waals surface area contributed by atoms with Gasteiger partial charge in [0.1, 0.15) is 0 Å². The number of carbonyl (C=O) groups excluding carboxylic acids is 1. The number of carboxylic acids is 1. The molecule has 1 saturated carbocycles. The second kappa shape index (κ2) is 6.38. The van der Waals surface area contributed by atoms with Crippen LogP contribution in [0.25, 0.3) is 0 Å². The van der Waals surface area contributed by atoms with Gasteiger partial charge in [0.05, 0.1) is 12.5 Å². The molecule has 1 fully saturated rings. The Bertz CT molecular complexity index is 477. The lowest BCUT2D eigenvalue weighted by atomic mass is 10.0. The van der Waals surface area contributed by atoms with E-state index in [4.69, 9.17) is 5.11 Å². The van der Waals surface area contributed by atoms with Crippen molar-refractivity contribution in [3.8, 4) is 0 Å². The lowest BCUT2D eigenvalue weighted by molar-refractivity contribution is -0.142. The fourth-order valence-electron chi connectivity index (χ4n) is 2.26. The third kappa shape index (κ3) is 3.94. The van der Waals surface area contributed by atoms with E-state index in [9.17, 15) is 9.59 Å². The van der Waals surface area contributed by atoms with Crippen LogP contribution in [0.1, 0.15) is 24.1 Å². The van der Waals surface area contributed by atoms with Crippen LogP contribution in [0.2, 0.25) is 0 Å². The van der Waals surface area contributed by atoms with Crippen molar-refractivity contribution in [2.24, 2.45) is 5.92 Å². The molecule has 0 aliphatic heterocycles. The number of carboxylic acid groups (broad SMARTS) is 1. The van der Waals surface area contributed by atoms with E-state index in [1.54, 1.807) is 11.3 Å². The highest BCUT2D eigenvalue weighted by Crippen LogP contribution is 2.25. The van der Waals surface area contributed by atoms with Crippen molar-refractivity contribution in [2.45, 2.75) is 31.8 Å². The van der Waals surface area contributed by atoms with Gasteiger partial charge in [-0.05, 0) is 34.8 Å². The third-order valence-corrected chi connectivity index (χ3v) is 4.89. The first kappa shape index (κ1) is 14.3. The summed E-state index contributed by atoms with van der Waals surface area (Å²) in [5, 5.41) is 16.5. The van der Waals surface area contributed by atoms with Crippen LogP contribution in [-0.4, -0.2) is 23.1 Å². The first-order valence-electron chi connectivity index (χ1n) is 6.06. The van der Waals surface area contributed by atoms with E-state index in [-0.39, 0.29) is 12.1 Å². The summed E-state index contributed by atoms with van der Waals surface area (Å²) in [6, 6.07) is 1.39. The highest BCUT2D eigenvalue weighted by Gasteiger charge is 2.33. The highest BCUT2D eigenvalue weighted by atomic mass is 79.9. The standard InChI is InChI=1S/C12H15BrN2O3S/c13-7-4-8(19-6-7)5-14-12(18)15-10-3-1-2-9(10)11(16)17/h4,6,9-10H,1-3,5H2,(H,16,17)(H2,14,15,18). The predicted molar refractivity (Wildman–Crippen MR) is 76.2 cm³/mol. The zero-order chi connectivity index (χ0) is 13.8. The van der Waals surface area contributed by atoms with E-state index >= 15 is 0 Å². The van der Waals surface area contributed by atoms with Crippen molar-refractivity contribution < 1.29 is 14.7 Å². The fourth-order valence-corrected chi connectivity index (χ4v) is 3.65. The lowest BCUT2D eigenvalue weighted by Gasteiger charge is -2.17. The Morgan fingerprint density at radius 2 is 2.26 bits per heavy atom. The molecule has 0 bridgehead atoms. The summed E-state index contributed by atoms with van der Waals surface area (Å²) in [6.07, 6.45) is 2.22. The molecule has 1 aromatic heterocycles. The molecule has 2 rings (SSSR count). The predicted octanol–water partition coefficient (Wildman–Crippen LogP) is 2.56. The molecule has 1 aliphatic rings. The van der Waals surface area contributed by atoms with Gasteiger partial charge in [-0.25, -0.2) is 4.79 Å². The molecule has 7 heteroatoms. The fraction of sp³-hybridized carbons (Fsp3) is 0.500. The third-order valence-electron chi connectivity index (χ3n) is 3.19. The van der Waals surface area contributed by atoms with Crippen LogP contribution < -0.4 is 10.6 Å². The summed E-state index contributed by atoms with van der Waals surface area (Å²) in [7, 11) is 0. The Kier molecular flexibility index (Phi) is 4.81. The number of hydrogen-bond acceptors (Lipinski definition) is 3. The van der Waals surface area contributed by atoms with Gasteiger partial charge in [0.25, 0.3) is 0 Å². The Balaban J connectivity index is 1.79. The van der Waals surface area contributed by atoms with Crippen molar-refractivity contribution in [1.82, 2.24) is 10.6 Å². The van der Waals surface area contributed by atoms with Gasteiger partial charge >= 0.3 is 12.0 Å². The van der Waals surface area contributed by atoms with Gasteiger partial charge in [-0.2, -0.15) is 0 Å². The van der Waals surface area contributed by atoms with Crippen LogP contribution in [-0.2, 0) is 11.3 Å². The number of rotatable bonds is 4. The molecule has 1 aromatic rings. The number of halogens is 1. The average molecular weight is 347 g/mol. The smallest absolute Gasteiger partial charge is 0.315 e. The average Bonchev–Trinajstić information content (AvgIpc) is 2.95. The maximum atomic E-state index is 11.7. The van der Waals surface area contributed by atoms with Gasteiger partial charge in [0.15, 0.2) is 0 Å². The summed E-state index contributed by atoms with van der Waals surface area (Å²) < 4.78 is 0.997. The van der Waals surface area contributed by atoms with Crippen molar-refractivity contribution in [3.63, 3.8) is 0 Å². The first-order valence-corrected chi connectivity index (χ1v) is 7.73. The van der Waals surface area contributed by atoms with E-state index < -0.39 is 11.9 Å². The number of amides is 2. The summed E-state index contributed by atoms with van der Waals surface area (Å²) in [5.74, 6) is -1.29. The first-order chi connectivity index (χ1) is 9.06. The van der Waals surface area contributed by atoms with Crippen LogP contribution in [0.15, 0.2) is 15.9 Å². The monoisotopic (exact) mass is 346 g/mol. The minimum atomic E-state index is -0.829. The highest BCUT2D eigenvalue weighted by molar-refractivity contribution is 9.10. The molecular weight excluding hydrogens is 332 g/mol. The van der Waals surface area contributed by atoms with E-state index in [2.05, 4.69) is 26.6 Å². The minimum Gasteiger partial charge on any atom is -0.481 e. The number of thiophene rings is 1. The SMILES string of the molecule is O=C(NCc1cc(Br)cs1)NC1CCCC1C(=O)O. The number of urea groups is 1.